The molecule has 10 aromatic rings. The molecule has 0 fully saturated rings. The maximum Gasteiger partial charge on any atom is 2.00 e. The van der Waals surface area contributed by atoms with Crippen molar-refractivity contribution in [3.63, 3.8) is 0 Å². The maximum atomic E-state index is 5.67. The summed E-state index contributed by atoms with van der Waals surface area (Å²) >= 11 is 0. The molecule has 0 aliphatic heterocycles. The number of ether oxygens (including phenoxy) is 1. The Kier molecular flexibility index (Phi) is 8.45. The first-order valence-corrected chi connectivity index (χ1v) is 17.7. The second-order valence-corrected chi connectivity index (χ2v) is 13.3. The SMILES string of the molecule is COc1ccc(-c2c3c4ccccc4n(-c4[c-]c(-c5[c-]cccc5)ccc4)c3nc3c2c2ccccc2n3-c2cc(C)c(-c3ccccc3)cn2)cc1.[Pt+2]. The third-order valence-electron chi connectivity index (χ3n) is 10.2. The predicted molar refractivity (Wildman–Crippen MR) is 216 cm³/mol. The van der Waals surface area contributed by atoms with Crippen LogP contribution in [-0.4, -0.2) is 26.2 Å². The van der Waals surface area contributed by atoms with Gasteiger partial charge in [-0.05, 0) is 59.6 Å². The van der Waals surface area contributed by atoms with Gasteiger partial charge >= 0.3 is 21.1 Å². The smallest absolute Gasteiger partial charge is 0.497 e. The van der Waals surface area contributed by atoms with Crippen LogP contribution in [0.5, 0.6) is 5.75 Å². The van der Waals surface area contributed by atoms with E-state index in [1.165, 1.54) is 0 Å². The van der Waals surface area contributed by atoms with Crippen LogP contribution in [0.2, 0.25) is 0 Å². The number of pyridine rings is 2. The van der Waals surface area contributed by atoms with E-state index in [9.17, 15) is 0 Å². The Morgan fingerprint density at radius 2 is 1.26 bits per heavy atom. The van der Waals surface area contributed by atoms with Gasteiger partial charge in [0.15, 0.2) is 0 Å². The number of benzene rings is 6. The van der Waals surface area contributed by atoms with Crippen LogP contribution >= 0.6 is 0 Å². The number of hydrogen-bond donors (Lipinski definition) is 0. The number of para-hydroxylation sites is 2. The third-order valence-corrected chi connectivity index (χ3v) is 10.2. The average molecular weight is 876 g/mol. The van der Waals surface area contributed by atoms with Crippen molar-refractivity contribution >= 4 is 43.9 Å². The minimum atomic E-state index is 0. The van der Waals surface area contributed by atoms with E-state index >= 15 is 0 Å². The van der Waals surface area contributed by atoms with Crippen LogP contribution in [0.1, 0.15) is 5.56 Å². The van der Waals surface area contributed by atoms with Crippen molar-refractivity contribution in [2.45, 2.75) is 6.92 Å². The summed E-state index contributed by atoms with van der Waals surface area (Å²) in [6.45, 7) is 2.15. The van der Waals surface area contributed by atoms with Crippen molar-refractivity contribution in [1.82, 2.24) is 19.1 Å². The molecule has 0 saturated heterocycles. The van der Waals surface area contributed by atoms with Crippen molar-refractivity contribution in [3.05, 3.63) is 176 Å². The van der Waals surface area contributed by atoms with E-state index in [-0.39, 0.29) is 21.1 Å². The molecule has 0 aliphatic carbocycles. The number of methoxy groups -OCH3 is 1. The number of hydrogen-bond acceptors (Lipinski definition) is 3. The topological polar surface area (TPSA) is 44.9 Å². The fraction of sp³-hybridized carbons (Fsp3) is 0.0417. The summed E-state index contributed by atoms with van der Waals surface area (Å²) in [5.74, 6) is 1.62. The van der Waals surface area contributed by atoms with Gasteiger partial charge in [0.05, 0.1) is 18.1 Å². The fourth-order valence-electron chi connectivity index (χ4n) is 7.79. The molecular formula is C48H32N4OPt. The Morgan fingerprint density at radius 1 is 0.611 bits per heavy atom. The van der Waals surface area contributed by atoms with Gasteiger partial charge in [-0.1, -0.05) is 78.9 Å². The largest absolute Gasteiger partial charge is 2.00 e. The average Bonchev–Trinajstić information content (AvgIpc) is 3.73. The summed E-state index contributed by atoms with van der Waals surface area (Å²) in [7, 11) is 1.70. The van der Waals surface area contributed by atoms with Gasteiger partial charge < -0.3 is 9.30 Å². The molecule has 0 saturated carbocycles. The Morgan fingerprint density at radius 3 is 1.94 bits per heavy atom. The molecule has 0 atom stereocenters. The second kappa shape index (κ2) is 13.6. The molecule has 54 heavy (non-hydrogen) atoms. The van der Waals surface area contributed by atoms with E-state index in [4.69, 9.17) is 14.7 Å². The minimum Gasteiger partial charge on any atom is -0.497 e. The van der Waals surface area contributed by atoms with E-state index in [0.29, 0.717) is 0 Å². The normalized spacial score (nSPS) is 11.4. The molecule has 260 valence electrons. The first-order valence-electron chi connectivity index (χ1n) is 17.7. The van der Waals surface area contributed by atoms with Crippen LogP contribution in [0.15, 0.2) is 158 Å². The molecule has 10 rings (SSSR count). The minimum absolute atomic E-state index is 0. The molecule has 0 amide bonds. The van der Waals surface area contributed by atoms with Crippen LogP contribution in [0, 0.1) is 19.1 Å². The molecule has 0 unspecified atom stereocenters. The van der Waals surface area contributed by atoms with Gasteiger partial charge in [0.1, 0.15) is 22.9 Å². The third kappa shape index (κ3) is 5.35. The zero-order valence-electron chi connectivity index (χ0n) is 29.5. The van der Waals surface area contributed by atoms with Crippen molar-refractivity contribution in [1.29, 1.82) is 0 Å². The molecule has 0 aliphatic rings. The number of nitrogens with zero attached hydrogens (tertiary/aromatic N) is 4. The van der Waals surface area contributed by atoms with Gasteiger partial charge in [-0.25, -0.2) is 21.1 Å². The Hall–Kier alpha value is -6.29. The molecular weight excluding hydrogens is 844 g/mol. The van der Waals surface area contributed by atoms with Gasteiger partial charge in [0.2, 0.25) is 0 Å². The van der Waals surface area contributed by atoms with Gasteiger partial charge in [0, 0.05) is 38.9 Å². The first-order chi connectivity index (χ1) is 26.2. The van der Waals surface area contributed by atoms with Crippen LogP contribution in [-0.2, 0) is 21.1 Å². The van der Waals surface area contributed by atoms with Crippen LogP contribution < -0.4 is 4.74 Å². The molecule has 5 nitrogen and oxygen atoms in total. The summed E-state index contributed by atoms with van der Waals surface area (Å²) < 4.78 is 10.1. The van der Waals surface area contributed by atoms with Gasteiger partial charge in [-0.15, -0.1) is 12.1 Å². The monoisotopic (exact) mass is 875 g/mol. The van der Waals surface area contributed by atoms with Crippen molar-refractivity contribution in [3.8, 4) is 50.6 Å². The zero-order chi connectivity index (χ0) is 35.5. The molecule has 4 heterocycles. The molecule has 6 aromatic carbocycles. The molecule has 0 spiro atoms. The zero-order valence-corrected chi connectivity index (χ0v) is 31.8. The number of aryl methyl sites for hydroxylation is 1. The Labute approximate surface area is 327 Å². The van der Waals surface area contributed by atoms with E-state index in [0.717, 1.165) is 100 Å². The van der Waals surface area contributed by atoms with Crippen LogP contribution in [0.4, 0.5) is 0 Å². The summed E-state index contributed by atoms with van der Waals surface area (Å²) in [6, 6.07) is 59.6. The number of rotatable bonds is 6. The maximum absolute atomic E-state index is 5.67. The number of fused-ring (bicyclic) bond motifs is 6. The predicted octanol–water partition coefficient (Wildman–Crippen LogP) is 11.6. The van der Waals surface area contributed by atoms with Crippen molar-refractivity contribution < 1.29 is 25.8 Å². The molecule has 0 radical (unpaired) electrons. The van der Waals surface area contributed by atoms with E-state index < -0.39 is 0 Å². The first kappa shape index (κ1) is 33.5. The van der Waals surface area contributed by atoms with E-state index in [2.05, 4.69) is 143 Å². The van der Waals surface area contributed by atoms with E-state index in [1.54, 1.807) is 7.11 Å². The summed E-state index contributed by atoms with van der Waals surface area (Å²) in [6.07, 6.45) is 1.99. The Balaban J connectivity index is 0.00000384. The van der Waals surface area contributed by atoms with Gasteiger partial charge in [-0.2, -0.15) is 42.5 Å². The standard InChI is InChI=1S/C48H32N4O.Pt/c1-31-28-43(49-30-40(31)33-16-7-4-8-17-33)52-42-23-12-10-21-39(42)46-44(34-24-26-37(53-2)27-25-34)45-38-20-9-11-22-41(38)51(47(45)50-48(46)52)36-19-13-18-35(29-36)32-14-5-3-6-15-32;/h3-14,16-28,30H,1-2H3;/q-2;+2. The number of aromatic nitrogens is 4. The van der Waals surface area contributed by atoms with Crippen LogP contribution in [0.3, 0.4) is 0 Å². The fourth-order valence-corrected chi connectivity index (χ4v) is 7.79. The van der Waals surface area contributed by atoms with Gasteiger partial charge in [-0.3, -0.25) is 4.57 Å². The second-order valence-electron chi connectivity index (χ2n) is 13.3. The van der Waals surface area contributed by atoms with E-state index in [1.807, 2.05) is 42.6 Å². The van der Waals surface area contributed by atoms with Crippen molar-refractivity contribution in [2.24, 2.45) is 0 Å². The Bertz CT molecular complexity index is 2990. The summed E-state index contributed by atoms with van der Waals surface area (Å²) in [5, 5.41) is 4.38. The summed E-state index contributed by atoms with van der Waals surface area (Å²) in [4.78, 5) is 10.8. The summed E-state index contributed by atoms with van der Waals surface area (Å²) in [5.41, 5.74) is 12.2. The van der Waals surface area contributed by atoms with Gasteiger partial charge in [0.25, 0.3) is 0 Å². The molecule has 0 N–H and O–H groups in total. The molecule has 6 heteroatoms. The van der Waals surface area contributed by atoms with Crippen LogP contribution in [0.25, 0.3) is 88.8 Å². The van der Waals surface area contributed by atoms with Crippen molar-refractivity contribution in [2.75, 3.05) is 7.11 Å². The molecule has 0 bridgehead atoms. The molecule has 4 aromatic heterocycles. The quantitative estimate of drug-likeness (QED) is 0.156.